The summed E-state index contributed by atoms with van der Waals surface area (Å²) in [4.78, 5) is 18.7. The third-order valence-electron chi connectivity index (χ3n) is 3.69. The summed E-state index contributed by atoms with van der Waals surface area (Å²) in [6, 6.07) is 11.4. The minimum absolute atomic E-state index is 0.0138. The third kappa shape index (κ3) is 4.96. The first-order valence-electron chi connectivity index (χ1n) is 8.38. The third-order valence-corrected chi connectivity index (χ3v) is 4.06. The molecule has 2 rings (SSSR count). The quantitative estimate of drug-likeness (QED) is 0.759. The molecule has 5 heteroatoms. The number of nitrogens with zero attached hydrogens (tertiary/aromatic N) is 2. The molecule has 4 nitrogen and oxygen atoms in total. The molecule has 1 aromatic carbocycles. The van der Waals surface area contributed by atoms with Crippen LogP contribution in [0.15, 0.2) is 42.6 Å². The van der Waals surface area contributed by atoms with Crippen molar-refractivity contribution in [3.05, 3.63) is 58.9 Å². The zero-order valence-corrected chi connectivity index (χ0v) is 15.0. The minimum atomic E-state index is -0.0138. The summed E-state index contributed by atoms with van der Waals surface area (Å²) in [5.74, 6) is -0.0138. The lowest BCUT2D eigenvalue weighted by Crippen LogP contribution is -2.33. The van der Waals surface area contributed by atoms with Crippen LogP contribution in [0.25, 0.3) is 0 Å². The fourth-order valence-corrected chi connectivity index (χ4v) is 2.72. The molecule has 0 unspecified atom stereocenters. The molecule has 1 aromatic heterocycles. The molecule has 1 N–H and O–H groups in total. The Balaban J connectivity index is 2.07. The molecule has 0 bridgehead atoms. The smallest absolute Gasteiger partial charge is 0.272 e. The van der Waals surface area contributed by atoms with Gasteiger partial charge in [0.05, 0.1) is 0 Å². The van der Waals surface area contributed by atoms with E-state index in [2.05, 4.69) is 24.1 Å². The Kier molecular flexibility index (Phi) is 7.07. The standard InChI is InChI=1S/C19H24ClN3O/c1-3-11-23(12-4-2)19(24)18-13-16(9-10-21-18)22-14-15-7-5-6-8-17(15)20/h5-10,13H,3-4,11-12,14H2,1-2H3,(H,21,22). The van der Waals surface area contributed by atoms with E-state index >= 15 is 0 Å². The molecule has 1 amide bonds. The van der Waals surface area contributed by atoms with E-state index in [9.17, 15) is 4.79 Å². The highest BCUT2D eigenvalue weighted by atomic mass is 35.5. The molecule has 0 fully saturated rings. The van der Waals surface area contributed by atoms with Gasteiger partial charge in [-0.15, -0.1) is 0 Å². The van der Waals surface area contributed by atoms with Gasteiger partial charge in [0.25, 0.3) is 5.91 Å². The van der Waals surface area contributed by atoms with Gasteiger partial charge in [0.1, 0.15) is 5.69 Å². The molecule has 0 saturated carbocycles. The van der Waals surface area contributed by atoms with Crippen LogP contribution in [-0.4, -0.2) is 28.9 Å². The Morgan fingerprint density at radius 3 is 2.54 bits per heavy atom. The zero-order chi connectivity index (χ0) is 17.4. The molecule has 0 aliphatic carbocycles. The maximum Gasteiger partial charge on any atom is 0.272 e. The molecule has 1 heterocycles. The average Bonchev–Trinajstić information content (AvgIpc) is 2.60. The second-order valence-corrected chi connectivity index (χ2v) is 6.07. The van der Waals surface area contributed by atoms with Crippen LogP contribution in [-0.2, 0) is 6.54 Å². The summed E-state index contributed by atoms with van der Waals surface area (Å²) in [6.45, 7) is 6.26. The van der Waals surface area contributed by atoms with Crippen molar-refractivity contribution in [2.24, 2.45) is 0 Å². The van der Waals surface area contributed by atoms with Crippen molar-refractivity contribution >= 4 is 23.2 Å². The molecule has 2 aromatic rings. The summed E-state index contributed by atoms with van der Waals surface area (Å²) in [5.41, 5.74) is 2.35. The Labute approximate surface area is 148 Å². The number of hydrogen-bond acceptors (Lipinski definition) is 3. The van der Waals surface area contributed by atoms with Crippen molar-refractivity contribution in [3.8, 4) is 0 Å². The maximum absolute atomic E-state index is 12.6. The Bertz CT molecular complexity index is 669. The molecule has 0 saturated heterocycles. The van der Waals surface area contributed by atoms with Crippen LogP contribution in [0.1, 0.15) is 42.7 Å². The van der Waals surface area contributed by atoms with Crippen LogP contribution >= 0.6 is 11.6 Å². The van der Waals surface area contributed by atoms with Crippen LogP contribution in [0.5, 0.6) is 0 Å². The predicted octanol–water partition coefficient (Wildman–Crippen LogP) is 4.61. The van der Waals surface area contributed by atoms with Crippen molar-refractivity contribution in [1.29, 1.82) is 0 Å². The van der Waals surface area contributed by atoms with Crippen LogP contribution < -0.4 is 5.32 Å². The molecular formula is C19H24ClN3O. The second kappa shape index (κ2) is 9.28. The molecule has 24 heavy (non-hydrogen) atoms. The highest BCUT2D eigenvalue weighted by Gasteiger charge is 2.15. The monoisotopic (exact) mass is 345 g/mol. The summed E-state index contributed by atoms with van der Waals surface area (Å²) in [5, 5.41) is 4.03. The summed E-state index contributed by atoms with van der Waals surface area (Å²) in [6.07, 6.45) is 3.55. The number of pyridine rings is 1. The van der Waals surface area contributed by atoms with Crippen molar-refractivity contribution in [1.82, 2.24) is 9.88 Å². The normalized spacial score (nSPS) is 10.5. The predicted molar refractivity (Wildman–Crippen MR) is 99.5 cm³/mol. The number of anilines is 1. The van der Waals surface area contributed by atoms with Gasteiger partial charge in [0.2, 0.25) is 0 Å². The van der Waals surface area contributed by atoms with Gasteiger partial charge in [-0.25, -0.2) is 0 Å². The van der Waals surface area contributed by atoms with Crippen molar-refractivity contribution in [3.63, 3.8) is 0 Å². The van der Waals surface area contributed by atoms with Gasteiger partial charge in [-0.2, -0.15) is 0 Å². The molecule has 0 spiro atoms. The van der Waals surface area contributed by atoms with E-state index in [1.165, 1.54) is 0 Å². The fourth-order valence-electron chi connectivity index (χ4n) is 2.51. The Morgan fingerprint density at radius 2 is 1.88 bits per heavy atom. The SMILES string of the molecule is CCCN(CCC)C(=O)c1cc(NCc2ccccc2Cl)ccn1. The van der Waals surface area contributed by atoms with Crippen LogP contribution in [0.4, 0.5) is 5.69 Å². The molecule has 0 aliphatic heterocycles. The largest absolute Gasteiger partial charge is 0.381 e. The van der Waals surface area contributed by atoms with Crippen LogP contribution in [0.2, 0.25) is 5.02 Å². The van der Waals surface area contributed by atoms with Crippen LogP contribution in [0, 0.1) is 0 Å². The topological polar surface area (TPSA) is 45.2 Å². The van der Waals surface area contributed by atoms with Gasteiger partial charge in [-0.05, 0) is 36.6 Å². The van der Waals surface area contributed by atoms with Gasteiger partial charge in [0.15, 0.2) is 0 Å². The Hall–Kier alpha value is -2.07. The van der Waals surface area contributed by atoms with Crippen molar-refractivity contribution < 1.29 is 4.79 Å². The van der Waals surface area contributed by atoms with Gasteiger partial charge in [-0.3, -0.25) is 9.78 Å². The molecule has 128 valence electrons. The van der Waals surface area contributed by atoms with E-state index in [1.807, 2.05) is 35.2 Å². The van der Waals surface area contributed by atoms with Crippen molar-refractivity contribution in [2.75, 3.05) is 18.4 Å². The summed E-state index contributed by atoms with van der Waals surface area (Å²) >= 11 is 6.17. The fraction of sp³-hybridized carbons (Fsp3) is 0.368. The van der Waals surface area contributed by atoms with Gasteiger partial charge in [0, 0.05) is 36.5 Å². The first kappa shape index (κ1) is 18.3. The molecular weight excluding hydrogens is 322 g/mol. The first-order chi connectivity index (χ1) is 11.7. The maximum atomic E-state index is 12.6. The zero-order valence-electron chi connectivity index (χ0n) is 14.3. The number of amides is 1. The summed E-state index contributed by atoms with van der Waals surface area (Å²) < 4.78 is 0. The number of hydrogen-bond donors (Lipinski definition) is 1. The second-order valence-electron chi connectivity index (χ2n) is 5.67. The molecule has 0 radical (unpaired) electrons. The number of carbonyl (C=O) groups excluding carboxylic acids is 1. The summed E-state index contributed by atoms with van der Waals surface area (Å²) in [7, 11) is 0. The number of nitrogens with one attached hydrogen (secondary N) is 1. The molecule has 0 aliphatic rings. The first-order valence-corrected chi connectivity index (χ1v) is 8.76. The van der Waals surface area contributed by atoms with Gasteiger partial charge < -0.3 is 10.2 Å². The number of rotatable bonds is 8. The van der Waals surface area contributed by atoms with Gasteiger partial charge >= 0.3 is 0 Å². The lowest BCUT2D eigenvalue weighted by Gasteiger charge is -2.21. The number of benzene rings is 1. The van der Waals surface area contributed by atoms with E-state index < -0.39 is 0 Å². The van der Waals surface area contributed by atoms with E-state index in [-0.39, 0.29) is 5.91 Å². The van der Waals surface area contributed by atoms with Crippen LogP contribution in [0.3, 0.4) is 0 Å². The lowest BCUT2D eigenvalue weighted by molar-refractivity contribution is 0.0749. The lowest BCUT2D eigenvalue weighted by atomic mass is 10.2. The van der Waals surface area contributed by atoms with E-state index in [0.717, 1.165) is 42.2 Å². The number of halogens is 1. The highest BCUT2D eigenvalue weighted by Crippen LogP contribution is 2.17. The van der Waals surface area contributed by atoms with E-state index in [4.69, 9.17) is 11.6 Å². The number of aromatic nitrogens is 1. The average molecular weight is 346 g/mol. The van der Waals surface area contributed by atoms with E-state index in [0.29, 0.717) is 12.2 Å². The molecule has 0 atom stereocenters. The minimum Gasteiger partial charge on any atom is -0.381 e. The highest BCUT2D eigenvalue weighted by molar-refractivity contribution is 6.31. The number of carbonyl (C=O) groups is 1. The van der Waals surface area contributed by atoms with Gasteiger partial charge in [-0.1, -0.05) is 43.6 Å². The Morgan fingerprint density at radius 1 is 1.17 bits per heavy atom. The van der Waals surface area contributed by atoms with Crippen molar-refractivity contribution in [2.45, 2.75) is 33.2 Å². The van der Waals surface area contributed by atoms with E-state index in [1.54, 1.807) is 12.3 Å².